The van der Waals surface area contributed by atoms with Gasteiger partial charge in [0.1, 0.15) is 0 Å². The standard InChI is InChI=1S/C9H13N3/c1-11-9-4-2-8(3-5-9)6-12-7-10/h2-5,7,11H,6H2,1H3,(H2,10,12). The number of rotatable bonds is 3. The minimum Gasteiger partial charge on any atom is -0.390 e. The smallest absolute Gasteiger partial charge is 0.0801 e. The van der Waals surface area contributed by atoms with Crippen LogP contribution >= 0.6 is 0 Å². The molecule has 0 aliphatic rings. The summed E-state index contributed by atoms with van der Waals surface area (Å²) in [5.41, 5.74) is 7.40. The largest absolute Gasteiger partial charge is 0.390 e. The SMILES string of the molecule is CNc1ccc(CN=CN)cc1. The number of nitrogens with two attached hydrogens (primary N) is 1. The first-order valence-electron chi connectivity index (χ1n) is 3.83. The van der Waals surface area contributed by atoms with Crippen LogP contribution in [0.5, 0.6) is 0 Å². The van der Waals surface area contributed by atoms with E-state index in [2.05, 4.69) is 10.3 Å². The lowest BCUT2D eigenvalue weighted by Gasteiger charge is -2.00. The Morgan fingerprint density at radius 3 is 2.58 bits per heavy atom. The van der Waals surface area contributed by atoms with E-state index in [0.29, 0.717) is 6.54 Å². The van der Waals surface area contributed by atoms with E-state index in [9.17, 15) is 0 Å². The van der Waals surface area contributed by atoms with Gasteiger partial charge < -0.3 is 11.1 Å². The Balaban J connectivity index is 2.64. The van der Waals surface area contributed by atoms with Crippen molar-refractivity contribution >= 4 is 12.0 Å². The molecule has 3 nitrogen and oxygen atoms in total. The molecule has 0 heterocycles. The van der Waals surface area contributed by atoms with Gasteiger partial charge in [-0.25, -0.2) is 0 Å². The van der Waals surface area contributed by atoms with Crippen molar-refractivity contribution in [1.82, 2.24) is 0 Å². The van der Waals surface area contributed by atoms with E-state index in [4.69, 9.17) is 5.73 Å². The molecule has 1 rings (SSSR count). The molecule has 1 aromatic carbocycles. The molecule has 64 valence electrons. The summed E-state index contributed by atoms with van der Waals surface area (Å²) in [7, 11) is 1.90. The molecule has 1 aromatic rings. The van der Waals surface area contributed by atoms with E-state index in [-0.39, 0.29) is 0 Å². The molecule has 0 aliphatic carbocycles. The zero-order valence-electron chi connectivity index (χ0n) is 7.12. The monoisotopic (exact) mass is 163 g/mol. The summed E-state index contributed by atoms with van der Waals surface area (Å²) in [5, 5.41) is 3.05. The molecule has 0 amide bonds. The zero-order valence-corrected chi connectivity index (χ0v) is 7.12. The van der Waals surface area contributed by atoms with E-state index in [1.54, 1.807) is 0 Å². The lowest BCUT2D eigenvalue weighted by Crippen LogP contribution is -1.91. The Morgan fingerprint density at radius 2 is 2.08 bits per heavy atom. The van der Waals surface area contributed by atoms with Crippen LogP contribution in [0.3, 0.4) is 0 Å². The van der Waals surface area contributed by atoms with Gasteiger partial charge in [0.05, 0.1) is 12.9 Å². The summed E-state index contributed by atoms with van der Waals surface area (Å²) < 4.78 is 0. The van der Waals surface area contributed by atoms with Crippen molar-refractivity contribution in [1.29, 1.82) is 0 Å². The molecule has 0 radical (unpaired) electrons. The molecule has 0 aliphatic heterocycles. The first-order chi connectivity index (χ1) is 5.86. The molecule has 0 atom stereocenters. The minimum absolute atomic E-state index is 0.653. The van der Waals surface area contributed by atoms with Gasteiger partial charge in [0.15, 0.2) is 0 Å². The summed E-state index contributed by atoms with van der Waals surface area (Å²) in [6.45, 7) is 0.653. The predicted octanol–water partition coefficient (Wildman–Crippen LogP) is 1.22. The normalized spacial score (nSPS) is 10.4. The van der Waals surface area contributed by atoms with Crippen molar-refractivity contribution in [2.75, 3.05) is 12.4 Å². The van der Waals surface area contributed by atoms with Crippen LogP contribution in [0.1, 0.15) is 5.56 Å². The fraction of sp³-hybridized carbons (Fsp3) is 0.222. The fourth-order valence-corrected chi connectivity index (χ4v) is 0.935. The third kappa shape index (κ3) is 2.27. The number of anilines is 1. The van der Waals surface area contributed by atoms with Crippen molar-refractivity contribution in [3.05, 3.63) is 29.8 Å². The van der Waals surface area contributed by atoms with Gasteiger partial charge in [0, 0.05) is 12.7 Å². The maximum absolute atomic E-state index is 5.13. The van der Waals surface area contributed by atoms with Crippen LogP contribution in [-0.2, 0) is 6.54 Å². The van der Waals surface area contributed by atoms with Crippen LogP contribution in [0.2, 0.25) is 0 Å². The zero-order chi connectivity index (χ0) is 8.81. The maximum Gasteiger partial charge on any atom is 0.0801 e. The van der Waals surface area contributed by atoms with E-state index in [1.807, 2.05) is 31.3 Å². The molecule has 3 heteroatoms. The molecule has 0 bridgehead atoms. The number of nitrogens with one attached hydrogen (secondary N) is 1. The van der Waals surface area contributed by atoms with E-state index in [0.717, 1.165) is 11.3 Å². The molecule has 0 fully saturated rings. The summed E-state index contributed by atoms with van der Waals surface area (Å²) >= 11 is 0. The van der Waals surface area contributed by atoms with E-state index >= 15 is 0 Å². The van der Waals surface area contributed by atoms with Crippen molar-refractivity contribution in [2.45, 2.75) is 6.54 Å². The number of aliphatic imine (C=N–C) groups is 1. The van der Waals surface area contributed by atoms with Crippen LogP contribution in [0, 0.1) is 0 Å². The molecule has 0 saturated heterocycles. The minimum atomic E-state index is 0.653. The van der Waals surface area contributed by atoms with Crippen LogP contribution in [0.15, 0.2) is 29.3 Å². The molecular formula is C9H13N3. The summed E-state index contributed by atoms with van der Waals surface area (Å²) in [5.74, 6) is 0. The van der Waals surface area contributed by atoms with Crippen molar-refractivity contribution in [3.63, 3.8) is 0 Å². The molecule has 12 heavy (non-hydrogen) atoms. The predicted molar refractivity (Wildman–Crippen MR) is 52.4 cm³/mol. The molecule has 0 unspecified atom stereocenters. The highest BCUT2D eigenvalue weighted by atomic mass is 14.8. The third-order valence-corrected chi connectivity index (χ3v) is 1.62. The van der Waals surface area contributed by atoms with E-state index < -0.39 is 0 Å². The van der Waals surface area contributed by atoms with Gasteiger partial charge in [0.2, 0.25) is 0 Å². The quantitative estimate of drug-likeness (QED) is 0.520. The van der Waals surface area contributed by atoms with Gasteiger partial charge >= 0.3 is 0 Å². The van der Waals surface area contributed by atoms with Crippen molar-refractivity contribution < 1.29 is 0 Å². The Labute approximate surface area is 72.3 Å². The van der Waals surface area contributed by atoms with Crippen LogP contribution in [0.25, 0.3) is 0 Å². The van der Waals surface area contributed by atoms with Crippen LogP contribution in [0.4, 0.5) is 5.69 Å². The Hall–Kier alpha value is -1.51. The van der Waals surface area contributed by atoms with Crippen molar-refractivity contribution in [3.8, 4) is 0 Å². The van der Waals surface area contributed by atoms with Crippen LogP contribution < -0.4 is 11.1 Å². The Morgan fingerprint density at radius 1 is 1.42 bits per heavy atom. The first-order valence-corrected chi connectivity index (χ1v) is 3.83. The highest BCUT2D eigenvalue weighted by Crippen LogP contribution is 2.08. The topological polar surface area (TPSA) is 50.4 Å². The summed E-state index contributed by atoms with van der Waals surface area (Å²) in [4.78, 5) is 3.93. The fourth-order valence-electron chi connectivity index (χ4n) is 0.935. The van der Waals surface area contributed by atoms with Gasteiger partial charge in [-0.2, -0.15) is 0 Å². The van der Waals surface area contributed by atoms with Gasteiger partial charge in [-0.3, -0.25) is 4.99 Å². The number of hydrogen-bond acceptors (Lipinski definition) is 2. The van der Waals surface area contributed by atoms with Gasteiger partial charge in [-0.1, -0.05) is 12.1 Å². The highest BCUT2D eigenvalue weighted by Gasteiger charge is 1.89. The summed E-state index contributed by atoms with van der Waals surface area (Å²) in [6, 6.07) is 8.08. The lowest BCUT2D eigenvalue weighted by molar-refractivity contribution is 1.07. The lowest BCUT2D eigenvalue weighted by atomic mass is 10.2. The van der Waals surface area contributed by atoms with E-state index in [1.165, 1.54) is 6.34 Å². The molecule has 0 saturated carbocycles. The second kappa shape index (κ2) is 4.38. The molecule has 3 N–H and O–H groups in total. The summed E-state index contributed by atoms with van der Waals surface area (Å²) in [6.07, 6.45) is 1.33. The van der Waals surface area contributed by atoms with Crippen molar-refractivity contribution in [2.24, 2.45) is 10.7 Å². The third-order valence-electron chi connectivity index (χ3n) is 1.62. The van der Waals surface area contributed by atoms with Crippen LogP contribution in [-0.4, -0.2) is 13.4 Å². The highest BCUT2D eigenvalue weighted by molar-refractivity contribution is 5.51. The molecule has 0 aromatic heterocycles. The molecular weight excluding hydrogens is 150 g/mol. The number of hydrogen-bond donors (Lipinski definition) is 2. The second-order valence-electron chi connectivity index (χ2n) is 2.44. The number of benzene rings is 1. The number of nitrogens with zero attached hydrogens (tertiary/aromatic N) is 1. The average molecular weight is 163 g/mol. The van der Waals surface area contributed by atoms with Gasteiger partial charge in [0.25, 0.3) is 0 Å². The first kappa shape index (κ1) is 8.59. The second-order valence-corrected chi connectivity index (χ2v) is 2.44. The average Bonchev–Trinajstić information content (AvgIpc) is 2.15. The maximum atomic E-state index is 5.13. The molecule has 0 spiro atoms. The Kier molecular flexibility index (Phi) is 3.14. The van der Waals surface area contributed by atoms with Gasteiger partial charge in [-0.15, -0.1) is 0 Å². The van der Waals surface area contributed by atoms with Gasteiger partial charge in [-0.05, 0) is 17.7 Å². The Bertz CT molecular complexity index is 251.